The van der Waals surface area contributed by atoms with Crippen molar-refractivity contribution in [1.29, 1.82) is 0 Å². The van der Waals surface area contributed by atoms with Crippen molar-refractivity contribution in [1.82, 2.24) is 0 Å². The van der Waals surface area contributed by atoms with Gasteiger partial charge in [-0.05, 0) is 0 Å². The molecule has 0 saturated carbocycles. The molecule has 0 heterocycles. The van der Waals surface area contributed by atoms with Gasteiger partial charge in [0.2, 0.25) is 0 Å². The van der Waals surface area contributed by atoms with Crippen LogP contribution in [0.5, 0.6) is 0 Å². The summed E-state index contributed by atoms with van der Waals surface area (Å²) in [4.78, 5) is 0. The highest BCUT2D eigenvalue weighted by molar-refractivity contribution is 8.68. The lowest BCUT2D eigenvalue weighted by atomic mass is 11.5. The lowest BCUT2D eigenvalue weighted by Crippen LogP contribution is -1.68. The normalized spacial score (nSPS) is 8.40. The molecule has 0 unspecified atom stereocenters. The average molecular weight is 109 g/mol. The molecule has 0 rings (SSSR count). The fourth-order valence-electron chi connectivity index (χ4n) is 0.0373. The van der Waals surface area contributed by atoms with Crippen molar-refractivity contribution in [2.75, 3.05) is 5.94 Å². The monoisotopic (exact) mass is 109 g/mol. The van der Waals surface area contributed by atoms with Crippen molar-refractivity contribution >= 4 is 22.5 Å². The molecule has 0 bridgehead atoms. The van der Waals surface area contributed by atoms with E-state index < -0.39 is 0 Å². The summed E-state index contributed by atoms with van der Waals surface area (Å²) >= 11 is 3.75. The zero-order valence-corrected chi connectivity index (χ0v) is 4.39. The van der Waals surface area contributed by atoms with Crippen molar-refractivity contribution in [3.8, 4) is 0 Å². The molecule has 31 valence electrons. The maximum absolute atomic E-state index is 4.33. The highest BCUT2D eigenvalue weighted by Gasteiger charge is 1.67. The maximum atomic E-state index is 4.33. The summed E-state index contributed by atoms with van der Waals surface area (Å²) < 4.78 is 4.33. The van der Waals surface area contributed by atoms with Crippen molar-refractivity contribution in [3.63, 3.8) is 0 Å². The van der Waals surface area contributed by atoms with Crippen LogP contribution in [-0.2, 0) is 4.74 Å². The van der Waals surface area contributed by atoms with E-state index in [0.29, 0.717) is 5.94 Å². The standard InChI is InChI=1S/C2H5OS2/c1-3-2-5-4/h4H,1-2H2. The van der Waals surface area contributed by atoms with Crippen LogP contribution in [0.4, 0.5) is 0 Å². The van der Waals surface area contributed by atoms with Crippen molar-refractivity contribution in [2.24, 2.45) is 0 Å². The number of hydrogen-bond acceptors (Lipinski definition) is 3. The quantitative estimate of drug-likeness (QED) is 0.325. The van der Waals surface area contributed by atoms with Crippen LogP contribution in [0, 0.1) is 7.11 Å². The van der Waals surface area contributed by atoms with Crippen LogP contribution in [0.2, 0.25) is 0 Å². The van der Waals surface area contributed by atoms with Crippen molar-refractivity contribution < 1.29 is 4.74 Å². The largest absolute Gasteiger partial charge is 0.368 e. The smallest absolute Gasteiger partial charge is 0.102 e. The van der Waals surface area contributed by atoms with Crippen LogP contribution in [0.1, 0.15) is 0 Å². The zero-order valence-electron chi connectivity index (χ0n) is 2.68. The highest BCUT2D eigenvalue weighted by Crippen LogP contribution is 2.02. The molecule has 0 aromatic rings. The van der Waals surface area contributed by atoms with E-state index in [4.69, 9.17) is 0 Å². The summed E-state index contributed by atoms with van der Waals surface area (Å²) in [5.41, 5.74) is 0. The molecule has 0 aliphatic carbocycles. The van der Waals surface area contributed by atoms with E-state index in [1.54, 1.807) is 0 Å². The molecule has 5 heavy (non-hydrogen) atoms. The zero-order chi connectivity index (χ0) is 4.12. The predicted molar refractivity (Wildman–Crippen MR) is 27.9 cm³/mol. The van der Waals surface area contributed by atoms with Gasteiger partial charge in [-0.25, -0.2) is 0 Å². The van der Waals surface area contributed by atoms with Crippen LogP contribution < -0.4 is 0 Å². The van der Waals surface area contributed by atoms with Gasteiger partial charge in [0.25, 0.3) is 0 Å². The number of hydrogen-bond donors (Lipinski definition) is 1. The Morgan fingerprint density at radius 3 is 2.60 bits per heavy atom. The van der Waals surface area contributed by atoms with Gasteiger partial charge in [-0.3, -0.25) is 0 Å². The Balaban J connectivity index is 2.19. The molecule has 0 aromatic carbocycles. The van der Waals surface area contributed by atoms with Gasteiger partial charge in [0.1, 0.15) is 5.94 Å². The molecule has 0 fully saturated rings. The van der Waals surface area contributed by atoms with Crippen LogP contribution in [0.25, 0.3) is 0 Å². The summed E-state index contributed by atoms with van der Waals surface area (Å²) in [6.07, 6.45) is 0. The van der Waals surface area contributed by atoms with E-state index in [0.717, 1.165) is 0 Å². The van der Waals surface area contributed by atoms with Gasteiger partial charge < -0.3 is 4.74 Å². The summed E-state index contributed by atoms with van der Waals surface area (Å²) in [5, 5.41) is 0. The second kappa shape index (κ2) is 4.66. The van der Waals surface area contributed by atoms with Gasteiger partial charge in [-0.15, -0.1) is 11.7 Å². The van der Waals surface area contributed by atoms with Crippen LogP contribution >= 0.6 is 22.5 Å². The molecule has 1 radical (unpaired) electrons. The van der Waals surface area contributed by atoms with E-state index >= 15 is 0 Å². The van der Waals surface area contributed by atoms with Crippen molar-refractivity contribution in [3.05, 3.63) is 7.11 Å². The summed E-state index contributed by atoms with van der Waals surface area (Å²) in [5.74, 6) is 0.559. The molecule has 0 aliphatic rings. The molecule has 0 N–H and O–H groups in total. The van der Waals surface area contributed by atoms with Gasteiger partial charge in [0.15, 0.2) is 0 Å². The van der Waals surface area contributed by atoms with Gasteiger partial charge in [-0.1, -0.05) is 10.8 Å². The summed E-state index contributed by atoms with van der Waals surface area (Å²) in [6.45, 7) is 0. The second-order valence-corrected chi connectivity index (χ2v) is 1.72. The van der Waals surface area contributed by atoms with Gasteiger partial charge in [-0.2, -0.15) is 0 Å². The Kier molecular flexibility index (Phi) is 5.28. The van der Waals surface area contributed by atoms with Crippen LogP contribution in [0.15, 0.2) is 0 Å². The third-order valence-electron chi connectivity index (χ3n) is 0.136. The topological polar surface area (TPSA) is 9.23 Å². The minimum absolute atomic E-state index is 0.559. The summed E-state index contributed by atoms with van der Waals surface area (Å²) in [7, 11) is 4.42. The summed E-state index contributed by atoms with van der Waals surface area (Å²) in [6, 6.07) is 0. The molecule has 0 saturated heterocycles. The third-order valence-corrected chi connectivity index (χ3v) is 0.724. The van der Waals surface area contributed by atoms with E-state index in [1.165, 1.54) is 10.8 Å². The number of rotatable bonds is 2. The Morgan fingerprint density at radius 2 is 2.60 bits per heavy atom. The second-order valence-electron chi connectivity index (χ2n) is 0.451. The molecule has 3 heteroatoms. The average Bonchev–Trinajstić information content (AvgIpc) is 1.41. The Hall–Kier alpha value is 0.660. The van der Waals surface area contributed by atoms with E-state index in [9.17, 15) is 0 Å². The molecule has 0 atom stereocenters. The fraction of sp³-hybridized carbons (Fsp3) is 0.500. The number of thiol groups is 1. The fourth-order valence-corrected chi connectivity index (χ4v) is 0.335. The van der Waals surface area contributed by atoms with Crippen LogP contribution in [0.3, 0.4) is 0 Å². The molecule has 1 nitrogen and oxygen atoms in total. The number of ether oxygens (including phenoxy) is 1. The first-order chi connectivity index (χ1) is 2.41. The molecular weight excluding hydrogens is 104 g/mol. The van der Waals surface area contributed by atoms with E-state index in [2.05, 4.69) is 23.5 Å². The van der Waals surface area contributed by atoms with Gasteiger partial charge in [0.05, 0.1) is 7.11 Å². The Bertz CT molecular complexity index is 15.1. The van der Waals surface area contributed by atoms with Crippen molar-refractivity contribution in [2.45, 2.75) is 0 Å². The molecule has 0 aliphatic heterocycles. The SMILES string of the molecule is [CH2]OCSS. The molecule has 0 aromatic heterocycles. The minimum atomic E-state index is 0.559. The first kappa shape index (κ1) is 5.66. The first-order valence-electron chi connectivity index (χ1n) is 1.05. The molecule has 0 amide bonds. The predicted octanol–water partition coefficient (Wildman–Crippen LogP) is 1.33. The van der Waals surface area contributed by atoms with Crippen LogP contribution in [-0.4, -0.2) is 5.94 Å². The molecule has 0 spiro atoms. The lowest BCUT2D eigenvalue weighted by Gasteiger charge is -1.82. The third kappa shape index (κ3) is 4.66. The maximum Gasteiger partial charge on any atom is 0.102 e. The lowest BCUT2D eigenvalue weighted by molar-refractivity contribution is 0.310. The Morgan fingerprint density at radius 1 is 2.00 bits per heavy atom. The van der Waals surface area contributed by atoms with E-state index in [1.807, 2.05) is 0 Å². The van der Waals surface area contributed by atoms with Gasteiger partial charge >= 0.3 is 0 Å². The minimum Gasteiger partial charge on any atom is -0.368 e. The highest BCUT2D eigenvalue weighted by atomic mass is 33.1. The van der Waals surface area contributed by atoms with E-state index in [-0.39, 0.29) is 0 Å². The first-order valence-corrected chi connectivity index (χ1v) is 3.09. The van der Waals surface area contributed by atoms with Gasteiger partial charge in [0, 0.05) is 0 Å². The Labute approximate surface area is 40.9 Å². The molecular formula is C2H5OS2.